The maximum atomic E-state index is 13.3. The predicted octanol–water partition coefficient (Wildman–Crippen LogP) is 4.62. The zero-order chi connectivity index (χ0) is 21.1. The van der Waals surface area contributed by atoms with Crippen molar-refractivity contribution in [1.82, 2.24) is 15.1 Å². The quantitative estimate of drug-likeness (QED) is 0.445. The number of aromatic nitrogens is 2. The number of nitrogens with one attached hydrogen (secondary N) is 1. The van der Waals surface area contributed by atoms with Gasteiger partial charge in [0.05, 0.1) is 15.8 Å². The Bertz CT molecular complexity index is 1240. The number of fused-ring (bicyclic) bond motifs is 3. The van der Waals surface area contributed by atoms with Crippen molar-refractivity contribution >= 4 is 37.4 Å². The molecule has 0 saturated heterocycles. The second kappa shape index (κ2) is 8.79. The largest absolute Gasteiger partial charge is 0.354 e. The van der Waals surface area contributed by atoms with E-state index in [0.717, 1.165) is 33.3 Å². The van der Waals surface area contributed by atoms with Crippen LogP contribution in [0.3, 0.4) is 0 Å². The van der Waals surface area contributed by atoms with Gasteiger partial charge >= 0.3 is 0 Å². The van der Waals surface area contributed by atoms with Crippen molar-refractivity contribution in [2.45, 2.75) is 39.2 Å². The van der Waals surface area contributed by atoms with Crippen molar-refractivity contribution in [3.05, 3.63) is 76.2 Å². The van der Waals surface area contributed by atoms with Gasteiger partial charge in [0, 0.05) is 16.6 Å². The molecule has 1 amide bonds. The molecule has 0 spiro atoms. The Hall–Kier alpha value is -2.99. The maximum absolute atomic E-state index is 13.3. The highest BCUT2D eigenvalue weighted by Gasteiger charge is 2.23. The smallest absolute Gasteiger partial charge is 0.276 e. The minimum atomic E-state index is -0.615. The summed E-state index contributed by atoms with van der Waals surface area (Å²) in [7, 11) is 0. The normalized spacial score (nSPS) is 12.3. The zero-order valence-corrected chi connectivity index (χ0v) is 18.0. The van der Waals surface area contributed by atoms with Crippen molar-refractivity contribution in [3.8, 4) is 0 Å². The molecule has 0 aliphatic rings. The molecule has 0 bridgehead atoms. The van der Waals surface area contributed by atoms with Crippen LogP contribution in [0.4, 0.5) is 0 Å². The van der Waals surface area contributed by atoms with E-state index in [1.807, 2.05) is 56.3 Å². The van der Waals surface area contributed by atoms with E-state index in [0.29, 0.717) is 18.4 Å². The zero-order valence-electron chi connectivity index (χ0n) is 17.2. The lowest BCUT2D eigenvalue weighted by atomic mass is 10.1. The number of hydrogen-bond acceptors (Lipinski definition) is 4. The molecule has 0 saturated carbocycles. The van der Waals surface area contributed by atoms with Gasteiger partial charge in [-0.2, -0.15) is 5.10 Å². The fraction of sp³-hybridized carbons (Fsp3) is 0.292. The number of aryl methyl sites for hydroxylation is 2. The van der Waals surface area contributed by atoms with Crippen molar-refractivity contribution in [3.63, 3.8) is 0 Å². The number of hydrogen-bond donors (Lipinski definition) is 1. The van der Waals surface area contributed by atoms with Gasteiger partial charge in [0.1, 0.15) is 6.04 Å². The van der Waals surface area contributed by atoms with Gasteiger partial charge in [-0.3, -0.25) is 9.59 Å². The molecular weight excluding hydrogens is 394 g/mol. The highest BCUT2D eigenvalue weighted by atomic mass is 32.1. The SMILES string of the molecule is CC[C@H](C(=O)NCCCc1ccccc1)n1nc(C)c2sc3ccccc3c2c1=O. The number of carbonyl (C=O) groups is 1. The molecule has 2 aromatic carbocycles. The predicted molar refractivity (Wildman–Crippen MR) is 123 cm³/mol. The van der Waals surface area contributed by atoms with E-state index < -0.39 is 6.04 Å². The summed E-state index contributed by atoms with van der Waals surface area (Å²) in [6.07, 6.45) is 2.26. The van der Waals surface area contributed by atoms with Crippen molar-refractivity contribution < 1.29 is 4.79 Å². The number of amides is 1. The molecule has 1 N–H and O–H groups in total. The summed E-state index contributed by atoms with van der Waals surface area (Å²) in [5.74, 6) is -0.154. The third-order valence-electron chi connectivity index (χ3n) is 5.37. The van der Waals surface area contributed by atoms with Crippen LogP contribution in [0.5, 0.6) is 0 Å². The van der Waals surface area contributed by atoms with Crippen molar-refractivity contribution in [2.75, 3.05) is 6.54 Å². The molecule has 0 radical (unpaired) electrons. The Labute approximate surface area is 179 Å². The van der Waals surface area contributed by atoms with Crippen LogP contribution < -0.4 is 10.9 Å². The van der Waals surface area contributed by atoms with Crippen LogP contribution in [0, 0.1) is 6.92 Å². The highest BCUT2D eigenvalue weighted by molar-refractivity contribution is 7.26. The first-order chi connectivity index (χ1) is 14.6. The molecule has 1 atom stereocenters. The maximum Gasteiger partial charge on any atom is 0.276 e. The molecule has 2 aromatic heterocycles. The highest BCUT2D eigenvalue weighted by Crippen LogP contribution is 2.33. The summed E-state index contributed by atoms with van der Waals surface area (Å²) in [6.45, 7) is 4.38. The molecule has 4 aromatic rings. The van der Waals surface area contributed by atoms with E-state index >= 15 is 0 Å². The van der Waals surface area contributed by atoms with E-state index in [9.17, 15) is 9.59 Å². The van der Waals surface area contributed by atoms with Gasteiger partial charge in [0.15, 0.2) is 0 Å². The lowest BCUT2D eigenvalue weighted by molar-refractivity contribution is -0.124. The van der Waals surface area contributed by atoms with Gasteiger partial charge in [0.25, 0.3) is 5.56 Å². The molecule has 30 heavy (non-hydrogen) atoms. The van der Waals surface area contributed by atoms with Crippen LogP contribution in [0.1, 0.15) is 37.1 Å². The average Bonchev–Trinajstić information content (AvgIpc) is 3.16. The van der Waals surface area contributed by atoms with Gasteiger partial charge in [-0.1, -0.05) is 55.5 Å². The molecule has 0 aliphatic heterocycles. The molecule has 4 rings (SSSR count). The fourth-order valence-electron chi connectivity index (χ4n) is 3.83. The van der Waals surface area contributed by atoms with E-state index in [-0.39, 0.29) is 11.5 Å². The molecule has 0 unspecified atom stereocenters. The van der Waals surface area contributed by atoms with Gasteiger partial charge in [0.2, 0.25) is 5.91 Å². The van der Waals surface area contributed by atoms with Crippen LogP contribution in [0.2, 0.25) is 0 Å². The lowest BCUT2D eigenvalue weighted by Gasteiger charge is -2.17. The van der Waals surface area contributed by atoms with Gasteiger partial charge in [-0.25, -0.2) is 4.68 Å². The second-order valence-corrected chi connectivity index (χ2v) is 8.49. The van der Waals surface area contributed by atoms with E-state index in [1.54, 1.807) is 11.3 Å². The van der Waals surface area contributed by atoms with Crippen LogP contribution in [0.15, 0.2) is 59.4 Å². The molecule has 2 heterocycles. The van der Waals surface area contributed by atoms with E-state index in [1.165, 1.54) is 10.2 Å². The Morgan fingerprint density at radius 3 is 2.63 bits per heavy atom. The lowest BCUT2D eigenvalue weighted by Crippen LogP contribution is -2.39. The van der Waals surface area contributed by atoms with Crippen LogP contribution in [0.25, 0.3) is 20.2 Å². The summed E-state index contributed by atoms with van der Waals surface area (Å²) in [6, 6.07) is 17.5. The third-order valence-corrected chi connectivity index (χ3v) is 6.65. The first-order valence-corrected chi connectivity index (χ1v) is 11.1. The molecule has 6 heteroatoms. The average molecular weight is 420 g/mol. The molecule has 5 nitrogen and oxygen atoms in total. The summed E-state index contributed by atoms with van der Waals surface area (Å²) in [5.41, 5.74) is 1.84. The Morgan fingerprint density at radius 2 is 1.87 bits per heavy atom. The summed E-state index contributed by atoms with van der Waals surface area (Å²) in [5, 5.41) is 9.11. The van der Waals surface area contributed by atoms with Gasteiger partial charge in [-0.05, 0) is 37.8 Å². The second-order valence-electron chi connectivity index (χ2n) is 7.44. The monoisotopic (exact) mass is 419 g/mol. The van der Waals surface area contributed by atoms with E-state index in [4.69, 9.17) is 0 Å². The third kappa shape index (κ3) is 3.87. The van der Waals surface area contributed by atoms with Crippen LogP contribution in [-0.2, 0) is 11.2 Å². The van der Waals surface area contributed by atoms with Crippen LogP contribution in [-0.4, -0.2) is 22.2 Å². The Morgan fingerprint density at radius 1 is 1.13 bits per heavy atom. The first-order valence-electron chi connectivity index (χ1n) is 10.3. The standard InChI is InChI=1S/C24H25N3O2S/c1-3-19(23(28)25-15-9-12-17-10-5-4-6-11-17)27-24(29)21-18-13-7-8-14-20(18)30-22(21)16(2)26-27/h4-8,10-11,13-14,19H,3,9,12,15H2,1-2H3,(H,25,28)/t19-/m1/s1. The molecular formula is C24H25N3O2S. The summed E-state index contributed by atoms with van der Waals surface area (Å²) >= 11 is 1.58. The molecule has 154 valence electrons. The summed E-state index contributed by atoms with van der Waals surface area (Å²) in [4.78, 5) is 26.2. The van der Waals surface area contributed by atoms with Crippen molar-refractivity contribution in [1.29, 1.82) is 0 Å². The minimum absolute atomic E-state index is 0.154. The molecule has 0 fully saturated rings. The summed E-state index contributed by atoms with van der Waals surface area (Å²) < 4.78 is 3.34. The van der Waals surface area contributed by atoms with Crippen LogP contribution >= 0.6 is 11.3 Å². The van der Waals surface area contributed by atoms with Crippen molar-refractivity contribution in [2.24, 2.45) is 0 Å². The fourth-order valence-corrected chi connectivity index (χ4v) is 4.96. The number of thiophene rings is 1. The van der Waals surface area contributed by atoms with E-state index in [2.05, 4.69) is 22.5 Å². The number of carbonyl (C=O) groups excluding carboxylic acids is 1. The number of rotatable bonds is 7. The number of benzene rings is 2. The molecule has 0 aliphatic carbocycles. The topological polar surface area (TPSA) is 64.0 Å². The number of nitrogens with zero attached hydrogens (tertiary/aromatic N) is 2. The van der Waals surface area contributed by atoms with Gasteiger partial charge < -0.3 is 5.32 Å². The Kier molecular flexibility index (Phi) is 5.95. The van der Waals surface area contributed by atoms with Gasteiger partial charge in [-0.15, -0.1) is 11.3 Å². The minimum Gasteiger partial charge on any atom is -0.354 e. The first kappa shape index (κ1) is 20.3. The Balaban J connectivity index is 1.56.